The van der Waals surface area contributed by atoms with E-state index in [0.29, 0.717) is 0 Å². The first-order valence-corrected chi connectivity index (χ1v) is 8.59. The lowest BCUT2D eigenvalue weighted by atomic mass is 10.0. The van der Waals surface area contributed by atoms with Gasteiger partial charge in [-0.3, -0.25) is 0 Å². The molecule has 0 aliphatic carbocycles. The van der Waals surface area contributed by atoms with Gasteiger partial charge in [-0.15, -0.1) is 11.3 Å². The van der Waals surface area contributed by atoms with Crippen LogP contribution in [0.3, 0.4) is 0 Å². The number of aromatic nitrogens is 1. The average molecular weight is 319 g/mol. The van der Waals surface area contributed by atoms with E-state index >= 15 is 0 Å². The molecule has 1 saturated heterocycles. The van der Waals surface area contributed by atoms with E-state index in [4.69, 9.17) is 0 Å². The molecule has 0 spiro atoms. The van der Waals surface area contributed by atoms with Gasteiger partial charge < -0.3 is 10.1 Å². The van der Waals surface area contributed by atoms with Crippen molar-refractivity contribution in [3.05, 3.63) is 11.2 Å². The second-order valence-electron chi connectivity index (χ2n) is 4.59. The molecule has 0 radical (unpaired) electrons. The average Bonchev–Trinajstić information content (AvgIpc) is 2.90. The van der Waals surface area contributed by atoms with Crippen LogP contribution in [-0.4, -0.2) is 45.1 Å². The Balaban J connectivity index is 2.22. The van der Waals surface area contributed by atoms with Gasteiger partial charge in [-0.2, -0.15) is 0 Å². The third-order valence-electron chi connectivity index (χ3n) is 3.23. The smallest absolute Gasteiger partial charge is 0.358 e. The molecule has 0 bridgehead atoms. The van der Waals surface area contributed by atoms with Crippen molar-refractivity contribution in [3.8, 4) is 0 Å². The maximum absolute atomic E-state index is 12.4. The fourth-order valence-electron chi connectivity index (χ4n) is 2.12. The van der Waals surface area contributed by atoms with Crippen molar-refractivity contribution < 1.29 is 17.9 Å². The molecular weight excluding hydrogens is 302 g/mol. The summed E-state index contributed by atoms with van der Waals surface area (Å²) in [6, 6.07) is -0.144. The third-order valence-corrected chi connectivity index (χ3v) is 6.09. The number of methoxy groups -OCH3 is 1. The molecule has 2 rings (SSSR count). The van der Waals surface area contributed by atoms with Crippen LogP contribution >= 0.6 is 11.3 Å². The van der Waals surface area contributed by atoms with Crippen LogP contribution in [-0.2, 0) is 14.8 Å². The summed E-state index contributed by atoms with van der Waals surface area (Å²) in [5, 5.41) is 3.22. The zero-order valence-electron chi connectivity index (χ0n) is 11.3. The minimum absolute atomic E-state index is 0.0491. The van der Waals surface area contributed by atoms with Gasteiger partial charge >= 0.3 is 5.97 Å². The second-order valence-corrected chi connectivity index (χ2v) is 7.36. The zero-order chi connectivity index (χ0) is 14.8. The molecule has 0 aromatic carbocycles. The molecule has 1 aliphatic rings. The summed E-state index contributed by atoms with van der Waals surface area (Å²) < 4.78 is 31.8. The number of sulfonamides is 1. The Hall–Kier alpha value is -1.03. The van der Waals surface area contributed by atoms with Crippen LogP contribution in [0.25, 0.3) is 0 Å². The molecule has 1 aliphatic heterocycles. The number of thiazole rings is 1. The van der Waals surface area contributed by atoms with Crippen LogP contribution in [0.4, 0.5) is 0 Å². The number of rotatable bonds is 4. The fraction of sp³-hybridized carbons (Fsp3) is 0.636. The van der Waals surface area contributed by atoms with E-state index in [2.05, 4.69) is 19.8 Å². The van der Waals surface area contributed by atoms with Gasteiger partial charge in [-0.25, -0.2) is 22.9 Å². The second kappa shape index (κ2) is 6.17. The van der Waals surface area contributed by atoms with Crippen molar-refractivity contribution in [3.63, 3.8) is 0 Å². The minimum atomic E-state index is -3.77. The number of piperidine rings is 1. The monoisotopic (exact) mass is 319 g/mol. The zero-order valence-corrected chi connectivity index (χ0v) is 12.9. The van der Waals surface area contributed by atoms with E-state index in [1.807, 2.05) is 6.92 Å². The summed E-state index contributed by atoms with van der Waals surface area (Å²) in [5.41, 5.74) is 1.16. The molecule has 1 fully saturated rings. The van der Waals surface area contributed by atoms with Crippen molar-refractivity contribution in [1.29, 1.82) is 0 Å². The van der Waals surface area contributed by atoms with Crippen molar-refractivity contribution in [2.24, 2.45) is 0 Å². The van der Waals surface area contributed by atoms with Gasteiger partial charge in [0.05, 0.1) is 12.6 Å². The molecule has 2 heterocycles. The molecule has 2 N–H and O–H groups in total. The maximum atomic E-state index is 12.4. The molecule has 1 aromatic heterocycles. The Morgan fingerprint density at radius 3 is 3.00 bits per heavy atom. The molecule has 112 valence electrons. The molecule has 20 heavy (non-hydrogen) atoms. The number of nitrogens with one attached hydrogen (secondary N) is 2. The number of esters is 1. The molecular formula is C11H17N3O4S2. The lowest BCUT2D eigenvalue weighted by Crippen LogP contribution is -2.51. The van der Waals surface area contributed by atoms with Crippen LogP contribution in [0.2, 0.25) is 0 Å². The highest BCUT2D eigenvalue weighted by atomic mass is 32.2. The van der Waals surface area contributed by atoms with Crippen molar-refractivity contribution in [2.75, 3.05) is 13.7 Å². The summed E-state index contributed by atoms with van der Waals surface area (Å²) in [7, 11) is -2.58. The van der Waals surface area contributed by atoms with E-state index < -0.39 is 16.0 Å². The topological polar surface area (TPSA) is 97.4 Å². The Morgan fingerprint density at radius 1 is 1.60 bits per heavy atom. The summed E-state index contributed by atoms with van der Waals surface area (Å²) >= 11 is 0.907. The number of nitrogens with zero attached hydrogens (tertiary/aromatic N) is 1. The van der Waals surface area contributed by atoms with Gasteiger partial charge in [0.15, 0.2) is 9.90 Å². The van der Waals surface area contributed by atoms with Gasteiger partial charge in [0, 0.05) is 12.1 Å². The highest BCUT2D eigenvalue weighted by Crippen LogP contribution is 2.22. The van der Waals surface area contributed by atoms with Crippen molar-refractivity contribution in [1.82, 2.24) is 15.0 Å². The molecule has 2 atom stereocenters. The van der Waals surface area contributed by atoms with Crippen molar-refractivity contribution >= 4 is 27.3 Å². The van der Waals surface area contributed by atoms with Gasteiger partial charge in [0.25, 0.3) is 10.0 Å². The van der Waals surface area contributed by atoms with E-state index in [9.17, 15) is 13.2 Å². The minimum Gasteiger partial charge on any atom is -0.464 e. The number of hydrogen-bond donors (Lipinski definition) is 2. The van der Waals surface area contributed by atoms with Gasteiger partial charge in [0.1, 0.15) is 0 Å². The number of carbonyl (C=O) groups excluding carboxylic acids is 1. The Morgan fingerprint density at radius 2 is 2.35 bits per heavy atom. The van der Waals surface area contributed by atoms with Crippen LogP contribution in [0.1, 0.15) is 30.3 Å². The van der Waals surface area contributed by atoms with Gasteiger partial charge in [-0.05, 0) is 26.3 Å². The number of ether oxygens (including phenoxy) is 1. The van der Waals surface area contributed by atoms with Gasteiger partial charge in [-0.1, -0.05) is 0 Å². The summed E-state index contributed by atoms with van der Waals surface area (Å²) in [6.45, 7) is 2.81. The predicted octanol–water partition coefficient (Wildman–Crippen LogP) is 0.348. The molecule has 9 heteroatoms. The highest BCUT2D eigenvalue weighted by molar-refractivity contribution is 7.91. The first-order chi connectivity index (χ1) is 9.45. The van der Waals surface area contributed by atoms with Crippen LogP contribution < -0.4 is 10.0 Å². The maximum Gasteiger partial charge on any atom is 0.358 e. The summed E-state index contributed by atoms with van der Waals surface area (Å²) in [6.07, 6.45) is 1.67. The first kappa shape index (κ1) is 15.4. The van der Waals surface area contributed by atoms with Crippen LogP contribution in [0, 0.1) is 0 Å². The Bertz CT molecular complexity index is 584. The largest absolute Gasteiger partial charge is 0.464 e. The summed E-state index contributed by atoms with van der Waals surface area (Å²) in [5.74, 6) is -0.749. The molecule has 0 saturated carbocycles. The molecule has 7 nitrogen and oxygen atoms in total. The summed E-state index contributed by atoms with van der Waals surface area (Å²) in [4.78, 5) is 15.3. The van der Waals surface area contributed by atoms with E-state index in [1.54, 1.807) is 0 Å². The molecule has 0 amide bonds. The standard InChI is InChI=1S/C11H17N3O4S2/c1-7-8(4-3-5-12-7)14-20(16,17)11-9(10(15)18-2)13-6-19-11/h6-8,12,14H,3-5H2,1-2H3/t7-,8+/m0/s1. The van der Waals surface area contributed by atoms with Crippen LogP contribution in [0.15, 0.2) is 9.72 Å². The Kier molecular flexibility index (Phi) is 4.74. The van der Waals surface area contributed by atoms with Gasteiger partial charge in [0.2, 0.25) is 0 Å². The fourth-order valence-corrected chi connectivity index (χ4v) is 4.62. The SMILES string of the molecule is COC(=O)c1ncsc1S(=O)(=O)N[C@@H]1CCCN[C@H]1C. The van der Waals surface area contributed by atoms with E-state index in [1.165, 1.54) is 12.6 Å². The number of carbonyl (C=O) groups is 1. The predicted molar refractivity (Wildman–Crippen MR) is 74.3 cm³/mol. The number of hydrogen-bond acceptors (Lipinski definition) is 7. The van der Waals surface area contributed by atoms with E-state index in [0.717, 1.165) is 30.7 Å². The quantitative estimate of drug-likeness (QED) is 0.777. The van der Waals surface area contributed by atoms with Crippen LogP contribution in [0.5, 0.6) is 0 Å². The Labute approximate surface area is 121 Å². The normalized spacial score (nSPS) is 23.5. The lowest BCUT2D eigenvalue weighted by molar-refractivity contribution is 0.0590. The van der Waals surface area contributed by atoms with E-state index in [-0.39, 0.29) is 22.0 Å². The first-order valence-electron chi connectivity index (χ1n) is 6.23. The molecule has 0 unspecified atom stereocenters. The lowest BCUT2D eigenvalue weighted by Gasteiger charge is -2.30. The van der Waals surface area contributed by atoms with Crippen molar-refractivity contribution in [2.45, 2.75) is 36.1 Å². The third kappa shape index (κ3) is 3.17. The molecule has 1 aromatic rings. The highest BCUT2D eigenvalue weighted by Gasteiger charge is 2.31.